The Kier molecular flexibility index (Phi) is 4.14. The van der Waals surface area contributed by atoms with Crippen molar-refractivity contribution in [2.24, 2.45) is 0 Å². The van der Waals surface area contributed by atoms with Crippen molar-refractivity contribution >= 4 is 22.6 Å². The van der Waals surface area contributed by atoms with Crippen molar-refractivity contribution < 1.29 is 4.74 Å². The Hall–Kier alpha value is -1.96. The predicted octanol–water partition coefficient (Wildman–Crippen LogP) is 3.36. The molecule has 0 spiro atoms. The first-order chi connectivity index (χ1) is 10.2. The summed E-state index contributed by atoms with van der Waals surface area (Å²) in [6.07, 6.45) is 0. The number of nitrogens with zero attached hydrogens (tertiary/aromatic N) is 3. The number of ether oxygens (including phenoxy) is 1. The van der Waals surface area contributed by atoms with Crippen LogP contribution in [-0.2, 0) is 6.61 Å². The van der Waals surface area contributed by atoms with E-state index in [2.05, 4.69) is 62.3 Å². The minimum absolute atomic E-state index is 0.560. The summed E-state index contributed by atoms with van der Waals surface area (Å²) in [5, 5.41) is 14.0. The number of tetrazole rings is 1. The van der Waals surface area contributed by atoms with Gasteiger partial charge in [-0.3, -0.25) is 0 Å². The molecule has 0 saturated heterocycles. The smallest absolute Gasteiger partial charge is 0.204 e. The van der Waals surface area contributed by atoms with E-state index in [-0.39, 0.29) is 0 Å². The van der Waals surface area contributed by atoms with Gasteiger partial charge in [0.05, 0.1) is 3.57 Å². The monoisotopic (exact) mass is 392 g/mol. The zero-order chi connectivity index (χ0) is 14.7. The summed E-state index contributed by atoms with van der Waals surface area (Å²) in [7, 11) is 0. The molecule has 0 unspecified atom stereocenters. The maximum atomic E-state index is 5.90. The molecule has 0 atom stereocenters. The van der Waals surface area contributed by atoms with Crippen molar-refractivity contribution in [3.8, 4) is 17.1 Å². The van der Waals surface area contributed by atoms with Crippen molar-refractivity contribution in [2.75, 3.05) is 0 Å². The first kappa shape index (κ1) is 14.0. The predicted molar refractivity (Wildman–Crippen MR) is 87.8 cm³/mol. The van der Waals surface area contributed by atoms with Gasteiger partial charge in [-0.1, -0.05) is 24.3 Å². The van der Waals surface area contributed by atoms with Crippen LogP contribution < -0.4 is 4.74 Å². The van der Waals surface area contributed by atoms with Crippen LogP contribution in [0.15, 0.2) is 42.5 Å². The summed E-state index contributed by atoms with van der Waals surface area (Å²) in [5.41, 5.74) is 3.34. The highest BCUT2D eigenvalue weighted by Crippen LogP contribution is 2.26. The minimum atomic E-state index is 0.560. The van der Waals surface area contributed by atoms with Gasteiger partial charge in [0, 0.05) is 5.56 Å². The molecule has 0 radical (unpaired) electrons. The molecule has 0 amide bonds. The zero-order valence-electron chi connectivity index (χ0n) is 11.4. The Morgan fingerprint density at radius 2 is 2.05 bits per heavy atom. The molecule has 0 bridgehead atoms. The zero-order valence-corrected chi connectivity index (χ0v) is 13.5. The molecule has 21 heavy (non-hydrogen) atoms. The third kappa shape index (κ3) is 3.21. The van der Waals surface area contributed by atoms with E-state index in [0.29, 0.717) is 12.4 Å². The number of aromatic amines is 1. The fraction of sp³-hybridized carbons (Fsp3) is 0.133. The highest BCUT2D eigenvalue weighted by Gasteiger charge is 2.08. The maximum absolute atomic E-state index is 5.90. The van der Waals surface area contributed by atoms with Crippen molar-refractivity contribution in [1.29, 1.82) is 0 Å². The first-order valence-electron chi connectivity index (χ1n) is 6.45. The fourth-order valence-electron chi connectivity index (χ4n) is 1.97. The maximum Gasteiger partial charge on any atom is 0.204 e. The quantitative estimate of drug-likeness (QED) is 0.692. The standard InChI is InChI=1S/C15H13IN4O/c1-10-4-2-3-5-12(10)9-21-14-7-6-11(8-13(14)16)15-17-19-20-18-15/h2-8H,9H2,1H3,(H,17,18,19,20). The van der Waals surface area contributed by atoms with Crippen LogP contribution in [0.5, 0.6) is 5.75 Å². The van der Waals surface area contributed by atoms with E-state index in [4.69, 9.17) is 4.74 Å². The van der Waals surface area contributed by atoms with E-state index in [1.165, 1.54) is 11.1 Å². The van der Waals surface area contributed by atoms with Crippen LogP contribution in [0.1, 0.15) is 11.1 Å². The summed E-state index contributed by atoms with van der Waals surface area (Å²) >= 11 is 2.25. The molecular formula is C15H13IN4O. The number of H-pyrrole nitrogens is 1. The number of aromatic nitrogens is 4. The van der Waals surface area contributed by atoms with Crippen LogP contribution in [-0.4, -0.2) is 20.6 Å². The lowest BCUT2D eigenvalue weighted by atomic mass is 10.1. The van der Waals surface area contributed by atoms with E-state index in [1.54, 1.807) is 0 Å². The molecule has 0 fully saturated rings. The van der Waals surface area contributed by atoms with Crippen LogP contribution in [0.2, 0.25) is 0 Å². The van der Waals surface area contributed by atoms with Crippen LogP contribution in [0.3, 0.4) is 0 Å². The van der Waals surface area contributed by atoms with E-state index in [1.807, 2.05) is 30.3 Å². The lowest BCUT2D eigenvalue weighted by Crippen LogP contribution is -1.99. The summed E-state index contributed by atoms with van der Waals surface area (Å²) in [5.74, 6) is 1.43. The van der Waals surface area contributed by atoms with Crippen LogP contribution in [0.4, 0.5) is 0 Å². The second-order valence-corrected chi connectivity index (χ2v) is 5.76. The Morgan fingerprint density at radius 1 is 1.19 bits per heavy atom. The molecule has 1 heterocycles. The fourth-order valence-corrected chi connectivity index (χ4v) is 2.64. The van der Waals surface area contributed by atoms with Gasteiger partial charge in [0.1, 0.15) is 12.4 Å². The Labute approximate surface area is 135 Å². The summed E-state index contributed by atoms with van der Waals surface area (Å²) in [4.78, 5) is 0. The molecule has 1 aromatic heterocycles. The first-order valence-corrected chi connectivity index (χ1v) is 7.52. The average molecular weight is 392 g/mol. The molecule has 3 aromatic rings. The number of halogens is 1. The molecule has 5 nitrogen and oxygen atoms in total. The molecule has 0 aliphatic heterocycles. The molecule has 6 heteroatoms. The Bertz CT molecular complexity index is 743. The van der Waals surface area contributed by atoms with Crippen LogP contribution in [0, 0.1) is 10.5 Å². The summed E-state index contributed by atoms with van der Waals surface area (Å²) in [6, 6.07) is 14.1. The largest absolute Gasteiger partial charge is 0.488 e. The summed E-state index contributed by atoms with van der Waals surface area (Å²) < 4.78 is 6.92. The number of benzene rings is 2. The van der Waals surface area contributed by atoms with Gasteiger partial charge >= 0.3 is 0 Å². The SMILES string of the molecule is Cc1ccccc1COc1ccc(-c2nn[nH]n2)cc1I. The van der Waals surface area contributed by atoms with Gasteiger partial charge in [-0.25, -0.2) is 0 Å². The van der Waals surface area contributed by atoms with Crippen LogP contribution in [0.25, 0.3) is 11.4 Å². The van der Waals surface area contributed by atoms with Crippen LogP contribution >= 0.6 is 22.6 Å². The second kappa shape index (κ2) is 6.21. The molecular weight excluding hydrogens is 379 g/mol. The van der Waals surface area contributed by atoms with Crippen molar-refractivity contribution in [2.45, 2.75) is 13.5 Å². The van der Waals surface area contributed by atoms with E-state index in [9.17, 15) is 0 Å². The van der Waals surface area contributed by atoms with Gasteiger partial charge in [0.2, 0.25) is 5.82 Å². The van der Waals surface area contributed by atoms with Gasteiger partial charge in [-0.2, -0.15) is 5.21 Å². The molecule has 3 rings (SSSR count). The molecule has 2 aromatic carbocycles. The summed E-state index contributed by atoms with van der Waals surface area (Å²) in [6.45, 7) is 2.65. The highest BCUT2D eigenvalue weighted by molar-refractivity contribution is 14.1. The highest BCUT2D eigenvalue weighted by atomic mass is 127. The number of hydrogen-bond donors (Lipinski definition) is 1. The van der Waals surface area contributed by atoms with Crippen molar-refractivity contribution in [1.82, 2.24) is 20.6 Å². The van der Waals surface area contributed by atoms with Gasteiger partial charge in [0.25, 0.3) is 0 Å². The molecule has 0 aliphatic rings. The molecule has 106 valence electrons. The normalized spacial score (nSPS) is 10.6. The minimum Gasteiger partial charge on any atom is -0.488 e. The molecule has 0 aliphatic carbocycles. The van der Waals surface area contributed by atoms with Crippen molar-refractivity contribution in [3.05, 3.63) is 57.2 Å². The van der Waals surface area contributed by atoms with Gasteiger partial charge in [-0.05, 0) is 64.1 Å². The lowest BCUT2D eigenvalue weighted by Gasteiger charge is -2.10. The Morgan fingerprint density at radius 3 is 2.76 bits per heavy atom. The lowest BCUT2D eigenvalue weighted by molar-refractivity contribution is 0.303. The van der Waals surface area contributed by atoms with Gasteiger partial charge in [-0.15, -0.1) is 10.2 Å². The third-order valence-electron chi connectivity index (χ3n) is 3.18. The number of nitrogens with one attached hydrogen (secondary N) is 1. The topological polar surface area (TPSA) is 63.7 Å². The Balaban J connectivity index is 1.76. The molecule has 0 saturated carbocycles. The van der Waals surface area contributed by atoms with E-state index < -0.39 is 0 Å². The van der Waals surface area contributed by atoms with E-state index in [0.717, 1.165) is 14.9 Å². The van der Waals surface area contributed by atoms with E-state index >= 15 is 0 Å². The number of rotatable bonds is 4. The van der Waals surface area contributed by atoms with Crippen molar-refractivity contribution in [3.63, 3.8) is 0 Å². The molecule has 1 N–H and O–H groups in total. The third-order valence-corrected chi connectivity index (χ3v) is 4.02. The second-order valence-electron chi connectivity index (χ2n) is 4.60. The number of aryl methyl sites for hydroxylation is 1. The average Bonchev–Trinajstić information content (AvgIpc) is 3.02. The van der Waals surface area contributed by atoms with Gasteiger partial charge < -0.3 is 4.74 Å². The van der Waals surface area contributed by atoms with Gasteiger partial charge in [0.15, 0.2) is 0 Å². The number of hydrogen-bond acceptors (Lipinski definition) is 4.